The third kappa shape index (κ3) is 24.9. The maximum atomic E-state index is 8.55. The minimum Gasteiger partial charge on any atom is -0.822 e. The Kier molecular flexibility index (Phi) is 12.3. The molecule has 0 aliphatic carbocycles. The standard InChI is InChI=1S/C9H21N.H3O4P/c1-4-7-10(8-5-2)9-6-3;1-5(2,3)4/h4-9H2,1-3H3;(H3,1,2,3,4). The van der Waals surface area contributed by atoms with Crippen LogP contribution in [0.1, 0.15) is 42.9 Å². The van der Waals surface area contributed by atoms with Crippen molar-refractivity contribution >= 4 is 7.82 Å². The van der Waals surface area contributed by atoms with Crippen molar-refractivity contribution in [3.63, 3.8) is 0 Å². The van der Waals surface area contributed by atoms with Gasteiger partial charge >= 0.3 is 2.85 Å². The molecular formula is C9H24NO4P. The molecule has 1 N–H and O–H groups in total. The van der Waals surface area contributed by atoms with E-state index in [0.717, 1.165) is 0 Å². The quantitative estimate of drug-likeness (QED) is 0.573. The zero-order valence-corrected chi connectivity index (χ0v) is 10.7. The average Bonchev–Trinajstić information content (AvgIpc) is 2.02. The Balaban J connectivity index is -0.000000105. The van der Waals surface area contributed by atoms with Crippen LogP contribution in [0, 0.1) is 0 Å². The maximum Gasteiger partial charge on any atom is 1.00 e. The number of hydrogen-bond donors (Lipinski definition) is 1. The van der Waals surface area contributed by atoms with Crippen molar-refractivity contribution < 1.29 is 27.0 Å². The third-order valence-corrected chi connectivity index (χ3v) is 1.81. The van der Waals surface area contributed by atoms with Crippen LogP contribution in [0.25, 0.3) is 0 Å². The smallest absolute Gasteiger partial charge is 0.822 e. The van der Waals surface area contributed by atoms with E-state index in [9.17, 15) is 0 Å². The number of hydrogen-bond acceptors (Lipinski definition) is 4. The molecule has 5 nitrogen and oxygen atoms in total. The van der Waals surface area contributed by atoms with E-state index >= 15 is 0 Å². The summed E-state index contributed by atoms with van der Waals surface area (Å²) < 4.78 is 8.55. The lowest BCUT2D eigenvalue weighted by molar-refractivity contribution is -0.900. The molecule has 0 saturated carbocycles. The highest BCUT2D eigenvalue weighted by atomic mass is 31.2. The third-order valence-electron chi connectivity index (χ3n) is 1.81. The molecule has 0 bridgehead atoms. The van der Waals surface area contributed by atoms with Gasteiger partial charge in [-0.25, -0.2) is 0 Å². The van der Waals surface area contributed by atoms with Crippen molar-refractivity contribution in [2.24, 2.45) is 0 Å². The molecule has 0 aromatic carbocycles. The van der Waals surface area contributed by atoms with Gasteiger partial charge < -0.3 is 24.1 Å². The number of phosphoric acid groups is 1. The van der Waals surface area contributed by atoms with Gasteiger partial charge in [-0.15, -0.1) is 0 Å². The molecule has 0 amide bonds. The highest BCUT2D eigenvalue weighted by molar-refractivity contribution is 7.40. The van der Waals surface area contributed by atoms with Crippen molar-refractivity contribution in [3.05, 3.63) is 0 Å². The summed E-state index contributed by atoms with van der Waals surface area (Å²) in [5.74, 6) is 0. The molecule has 0 aromatic heterocycles. The topological polar surface area (TPSA) is 90.7 Å². The van der Waals surface area contributed by atoms with E-state index in [0.29, 0.717) is 0 Å². The normalized spacial score (nSPS) is 11.1. The summed E-state index contributed by atoms with van der Waals surface area (Å²) in [6.07, 6.45) is 3.99. The molecule has 0 aliphatic rings. The van der Waals surface area contributed by atoms with Crippen molar-refractivity contribution in [2.45, 2.75) is 40.0 Å². The van der Waals surface area contributed by atoms with Crippen molar-refractivity contribution in [3.8, 4) is 0 Å². The summed E-state index contributed by atoms with van der Waals surface area (Å²) in [7, 11) is -5.39. The molecule has 15 heavy (non-hydrogen) atoms. The fraction of sp³-hybridized carbons (Fsp3) is 1.00. The van der Waals surface area contributed by atoms with Crippen LogP contribution in [0.3, 0.4) is 0 Å². The van der Waals surface area contributed by atoms with Gasteiger partial charge in [-0.3, -0.25) is 0 Å². The minimum atomic E-state index is -5.39. The molecule has 0 atom stereocenters. The van der Waals surface area contributed by atoms with Crippen LogP contribution >= 0.6 is 7.82 Å². The van der Waals surface area contributed by atoms with Gasteiger partial charge in [0.1, 0.15) is 0 Å². The molecule has 0 radical (unpaired) electrons. The van der Waals surface area contributed by atoms with E-state index in [1.807, 2.05) is 0 Å². The predicted molar refractivity (Wildman–Crippen MR) is 56.3 cm³/mol. The van der Waals surface area contributed by atoms with Crippen molar-refractivity contribution in [1.29, 1.82) is 0 Å². The number of rotatable bonds is 6. The van der Waals surface area contributed by atoms with E-state index in [2.05, 4.69) is 20.8 Å². The van der Waals surface area contributed by atoms with Crippen molar-refractivity contribution in [1.82, 2.24) is 0 Å². The number of quaternary nitrogens is 1. The Labute approximate surface area is 95.3 Å². The zero-order valence-electron chi connectivity index (χ0n) is 11.8. The van der Waals surface area contributed by atoms with Crippen LogP contribution in [-0.4, -0.2) is 19.6 Å². The van der Waals surface area contributed by atoms with Crippen LogP contribution in [0.5, 0.6) is 0 Å². The maximum absolute atomic E-state index is 8.55. The second-order valence-electron chi connectivity index (χ2n) is 3.45. The summed E-state index contributed by atoms with van der Waals surface area (Å²) in [6.45, 7) is 10.9. The molecule has 0 unspecified atom stereocenters. The van der Waals surface area contributed by atoms with Crippen LogP contribution in [0.15, 0.2) is 0 Å². The molecule has 0 aliphatic heterocycles. The van der Waals surface area contributed by atoms with E-state index in [4.69, 9.17) is 19.2 Å². The summed E-state index contributed by atoms with van der Waals surface area (Å²) in [4.78, 5) is 27.4. The van der Waals surface area contributed by atoms with Gasteiger partial charge in [0.05, 0.1) is 19.6 Å². The van der Waals surface area contributed by atoms with Gasteiger partial charge in [0.2, 0.25) is 0 Å². The van der Waals surface area contributed by atoms with Gasteiger partial charge in [-0.2, -0.15) is 7.82 Å². The van der Waals surface area contributed by atoms with Gasteiger partial charge in [0.25, 0.3) is 0 Å². The lowest BCUT2D eigenvalue weighted by Gasteiger charge is -2.36. The molecule has 0 rings (SSSR count). The molecule has 0 spiro atoms. The molecule has 6 heteroatoms. The molecule has 94 valence electrons. The van der Waals surface area contributed by atoms with Gasteiger partial charge in [0.15, 0.2) is 0 Å². The molecular weight excluding hydrogens is 217 g/mol. The zero-order chi connectivity index (χ0) is 12.3. The Morgan fingerprint density at radius 3 is 1.27 bits per heavy atom. The van der Waals surface area contributed by atoms with E-state index in [-0.39, 0.29) is 2.85 Å². The highest BCUT2D eigenvalue weighted by Crippen LogP contribution is 2.03. The van der Waals surface area contributed by atoms with E-state index in [1.165, 1.54) is 38.9 Å². The van der Waals surface area contributed by atoms with Gasteiger partial charge in [-0.1, -0.05) is 20.8 Å². The monoisotopic (exact) mass is 241 g/mol. The Morgan fingerprint density at radius 2 is 1.13 bits per heavy atom. The minimum absolute atomic E-state index is 0. The first kappa shape index (κ1) is 17.5. The molecule has 0 fully saturated rings. The van der Waals surface area contributed by atoms with Gasteiger partial charge in [-0.05, 0) is 19.3 Å². The first-order valence-electron chi connectivity index (χ1n) is 5.41. The van der Waals surface area contributed by atoms with Crippen molar-refractivity contribution in [2.75, 3.05) is 19.6 Å². The lowest BCUT2D eigenvalue weighted by atomic mass is 10.3. The molecule has 0 aromatic rings. The SMILES string of the molecule is CCC[NH+](CCC)CCC.O=P([O-])([O-])[O-].[H+].[H+]. The van der Waals surface area contributed by atoms with Gasteiger partial charge in [0, 0.05) is 0 Å². The summed E-state index contributed by atoms with van der Waals surface area (Å²) in [5.41, 5.74) is 0. The first-order valence-corrected chi connectivity index (χ1v) is 6.87. The number of nitrogens with one attached hydrogen (secondary N) is 1. The van der Waals surface area contributed by atoms with E-state index in [1.54, 1.807) is 4.90 Å². The Hall–Kier alpha value is 0.0700. The Bertz CT molecular complexity index is 158. The second kappa shape index (κ2) is 10.6. The average molecular weight is 241 g/mol. The lowest BCUT2D eigenvalue weighted by Crippen LogP contribution is -3.11. The predicted octanol–water partition coefficient (Wildman–Crippen LogP) is -1.50. The molecule has 0 saturated heterocycles. The largest absolute Gasteiger partial charge is 1.00 e. The van der Waals surface area contributed by atoms with Crippen LogP contribution in [0.2, 0.25) is 0 Å². The first-order chi connectivity index (χ1) is 6.85. The van der Waals surface area contributed by atoms with E-state index < -0.39 is 7.82 Å². The second-order valence-corrected chi connectivity index (χ2v) is 4.34. The van der Waals surface area contributed by atoms with Crippen LogP contribution in [-0.2, 0) is 4.57 Å². The summed E-state index contributed by atoms with van der Waals surface area (Å²) >= 11 is 0. The molecule has 0 heterocycles. The Morgan fingerprint density at radius 1 is 0.933 bits per heavy atom. The summed E-state index contributed by atoms with van der Waals surface area (Å²) in [6, 6.07) is 0. The van der Waals surface area contributed by atoms with Crippen LogP contribution in [0.4, 0.5) is 0 Å². The highest BCUT2D eigenvalue weighted by Gasteiger charge is 2.01. The van der Waals surface area contributed by atoms with Crippen LogP contribution < -0.4 is 19.6 Å². The fourth-order valence-electron chi connectivity index (χ4n) is 1.44. The fourth-order valence-corrected chi connectivity index (χ4v) is 1.44. The summed E-state index contributed by atoms with van der Waals surface area (Å²) in [5, 5.41) is 0.